The maximum absolute atomic E-state index is 12.4. The number of nitrogens with zero attached hydrogens (tertiary/aromatic N) is 2. The summed E-state index contributed by atoms with van der Waals surface area (Å²) >= 11 is 0. The van der Waals surface area contributed by atoms with Gasteiger partial charge in [0.05, 0.1) is 11.4 Å². The number of aryl methyl sites for hydroxylation is 2. The van der Waals surface area contributed by atoms with E-state index in [2.05, 4.69) is 9.82 Å². The lowest BCUT2D eigenvalue weighted by Crippen LogP contribution is -2.44. The van der Waals surface area contributed by atoms with E-state index in [1.54, 1.807) is 25.6 Å². The van der Waals surface area contributed by atoms with Crippen LogP contribution in [0.2, 0.25) is 0 Å². The standard InChI is InChI=1S/C11H22N4O2S/c1-8-10(9(2)15(5)13-8)18(16,17)14-11(3,4)6-7-12/h14H,6-7,12H2,1-5H3. The Labute approximate surface area is 109 Å². The Morgan fingerprint density at radius 2 is 1.94 bits per heavy atom. The molecule has 1 rings (SSSR count). The van der Waals surface area contributed by atoms with E-state index >= 15 is 0 Å². The first-order valence-electron chi connectivity index (χ1n) is 5.85. The molecule has 7 heteroatoms. The summed E-state index contributed by atoms with van der Waals surface area (Å²) in [4.78, 5) is 0.259. The lowest BCUT2D eigenvalue weighted by atomic mass is 10.0. The number of aromatic nitrogens is 2. The first-order chi connectivity index (χ1) is 8.10. The van der Waals surface area contributed by atoms with Crippen LogP contribution in [0.5, 0.6) is 0 Å². The Balaban J connectivity index is 3.15. The van der Waals surface area contributed by atoms with Crippen molar-refractivity contribution in [3.05, 3.63) is 11.4 Å². The van der Waals surface area contributed by atoms with E-state index in [9.17, 15) is 8.42 Å². The predicted molar refractivity (Wildman–Crippen MR) is 70.8 cm³/mol. The molecule has 0 aliphatic rings. The van der Waals surface area contributed by atoms with Gasteiger partial charge in [0, 0.05) is 12.6 Å². The predicted octanol–water partition coefficient (Wildman–Crippen LogP) is 0.443. The second-order valence-corrected chi connectivity index (χ2v) is 6.77. The van der Waals surface area contributed by atoms with Gasteiger partial charge < -0.3 is 5.73 Å². The van der Waals surface area contributed by atoms with Gasteiger partial charge in [-0.25, -0.2) is 13.1 Å². The van der Waals surface area contributed by atoms with Crippen molar-refractivity contribution in [1.29, 1.82) is 0 Å². The highest BCUT2D eigenvalue weighted by molar-refractivity contribution is 7.89. The molecule has 0 bridgehead atoms. The normalized spacial score (nSPS) is 13.0. The monoisotopic (exact) mass is 274 g/mol. The van der Waals surface area contributed by atoms with Gasteiger partial charge in [-0.05, 0) is 40.7 Å². The molecule has 0 atom stereocenters. The van der Waals surface area contributed by atoms with Crippen LogP contribution < -0.4 is 10.5 Å². The van der Waals surface area contributed by atoms with Crippen LogP contribution in [0.25, 0.3) is 0 Å². The molecule has 6 nitrogen and oxygen atoms in total. The highest BCUT2D eigenvalue weighted by Gasteiger charge is 2.29. The Morgan fingerprint density at radius 1 is 1.39 bits per heavy atom. The van der Waals surface area contributed by atoms with Crippen LogP contribution in [0.4, 0.5) is 0 Å². The van der Waals surface area contributed by atoms with Gasteiger partial charge in [-0.15, -0.1) is 0 Å². The smallest absolute Gasteiger partial charge is 0.244 e. The molecular weight excluding hydrogens is 252 g/mol. The molecule has 1 aromatic heterocycles. The lowest BCUT2D eigenvalue weighted by Gasteiger charge is -2.25. The van der Waals surface area contributed by atoms with Crippen molar-refractivity contribution < 1.29 is 8.42 Å². The molecule has 0 saturated heterocycles. The van der Waals surface area contributed by atoms with Crippen molar-refractivity contribution in [3.8, 4) is 0 Å². The van der Waals surface area contributed by atoms with Crippen LogP contribution in [0.1, 0.15) is 31.7 Å². The van der Waals surface area contributed by atoms with Gasteiger partial charge in [0.1, 0.15) is 4.90 Å². The van der Waals surface area contributed by atoms with Gasteiger partial charge in [0.2, 0.25) is 10.0 Å². The zero-order valence-corrected chi connectivity index (χ0v) is 12.4. The molecular formula is C11H22N4O2S. The van der Waals surface area contributed by atoms with E-state index in [0.717, 1.165) is 0 Å². The topological polar surface area (TPSA) is 90.0 Å². The highest BCUT2D eigenvalue weighted by atomic mass is 32.2. The molecule has 18 heavy (non-hydrogen) atoms. The summed E-state index contributed by atoms with van der Waals surface area (Å²) in [6, 6.07) is 0. The van der Waals surface area contributed by atoms with Crippen LogP contribution in [-0.2, 0) is 17.1 Å². The summed E-state index contributed by atoms with van der Waals surface area (Å²) in [6.45, 7) is 7.50. The van der Waals surface area contributed by atoms with Crippen LogP contribution in [0.15, 0.2) is 4.90 Å². The SMILES string of the molecule is Cc1nn(C)c(C)c1S(=O)(=O)NC(C)(C)CCN. The molecule has 0 amide bonds. The summed E-state index contributed by atoms with van der Waals surface area (Å²) in [5.74, 6) is 0. The van der Waals surface area contributed by atoms with E-state index in [1.807, 2.05) is 13.8 Å². The van der Waals surface area contributed by atoms with Gasteiger partial charge in [0.15, 0.2) is 0 Å². The van der Waals surface area contributed by atoms with E-state index < -0.39 is 15.6 Å². The van der Waals surface area contributed by atoms with Gasteiger partial charge in [-0.1, -0.05) is 0 Å². The minimum absolute atomic E-state index is 0.259. The highest BCUT2D eigenvalue weighted by Crippen LogP contribution is 2.21. The van der Waals surface area contributed by atoms with Gasteiger partial charge in [-0.2, -0.15) is 5.10 Å². The zero-order valence-electron chi connectivity index (χ0n) is 11.6. The summed E-state index contributed by atoms with van der Waals surface area (Å²) in [7, 11) is -1.84. The van der Waals surface area contributed by atoms with E-state index in [4.69, 9.17) is 5.73 Å². The molecule has 0 aliphatic heterocycles. The van der Waals surface area contributed by atoms with Crippen LogP contribution in [-0.4, -0.2) is 30.3 Å². The van der Waals surface area contributed by atoms with Crippen LogP contribution in [0, 0.1) is 13.8 Å². The molecule has 1 aromatic rings. The van der Waals surface area contributed by atoms with Crippen LogP contribution in [0.3, 0.4) is 0 Å². The summed E-state index contributed by atoms with van der Waals surface area (Å²) in [5, 5.41) is 4.13. The zero-order chi connectivity index (χ0) is 14.1. The Kier molecular flexibility index (Phi) is 4.19. The largest absolute Gasteiger partial charge is 0.330 e. The molecule has 0 spiro atoms. The van der Waals surface area contributed by atoms with Crippen LogP contribution >= 0.6 is 0 Å². The fourth-order valence-electron chi connectivity index (χ4n) is 1.97. The quantitative estimate of drug-likeness (QED) is 0.815. The molecule has 104 valence electrons. The fraction of sp³-hybridized carbons (Fsp3) is 0.727. The third-order valence-electron chi connectivity index (χ3n) is 2.89. The Hall–Kier alpha value is -0.920. The minimum atomic E-state index is -3.57. The van der Waals surface area contributed by atoms with Crippen molar-refractivity contribution in [1.82, 2.24) is 14.5 Å². The molecule has 0 radical (unpaired) electrons. The Morgan fingerprint density at radius 3 is 2.33 bits per heavy atom. The van der Waals surface area contributed by atoms with Gasteiger partial charge in [0.25, 0.3) is 0 Å². The summed E-state index contributed by atoms with van der Waals surface area (Å²) < 4.78 is 29.0. The van der Waals surface area contributed by atoms with Gasteiger partial charge >= 0.3 is 0 Å². The lowest BCUT2D eigenvalue weighted by molar-refractivity contribution is 0.427. The van der Waals surface area contributed by atoms with Gasteiger partial charge in [-0.3, -0.25) is 4.68 Å². The number of hydrogen-bond donors (Lipinski definition) is 2. The molecule has 0 fully saturated rings. The number of nitrogens with one attached hydrogen (secondary N) is 1. The van der Waals surface area contributed by atoms with Crippen molar-refractivity contribution in [3.63, 3.8) is 0 Å². The molecule has 0 unspecified atom stereocenters. The first-order valence-corrected chi connectivity index (χ1v) is 7.33. The second kappa shape index (κ2) is 4.99. The summed E-state index contributed by atoms with van der Waals surface area (Å²) in [6.07, 6.45) is 0.574. The third-order valence-corrected chi connectivity index (χ3v) is 4.84. The average Bonchev–Trinajstić information content (AvgIpc) is 2.38. The Bertz CT molecular complexity index is 531. The summed E-state index contributed by atoms with van der Waals surface area (Å²) in [5.41, 5.74) is 6.05. The molecule has 1 heterocycles. The second-order valence-electron chi connectivity index (χ2n) is 5.15. The number of nitrogens with two attached hydrogens (primary N) is 1. The van der Waals surface area contributed by atoms with Crippen molar-refractivity contribution >= 4 is 10.0 Å². The minimum Gasteiger partial charge on any atom is -0.330 e. The van der Waals surface area contributed by atoms with Crippen molar-refractivity contribution in [2.75, 3.05) is 6.54 Å². The van der Waals surface area contributed by atoms with E-state index in [-0.39, 0.29) is 4.90 Å². The first kappa shape index (κ1) is 15.1. The maximum atomic E-state index is 12.4. The van der Waals surface area contributed by atoms with E-state index in [1.165, 1.54) is 0 Å². The fourth-order valence-corrected chi connectivity index (χ4v) is 3.85. The molecule has 0 aromatic carbocycles. The van der Waals surface area contributed by atoms with Crippen molar-refractivity contribution in [2.24, 2.45) is 12.8 Å². The average molecular weight is 274 g/mol. The van der Waals surface area contributed by atoms with Crippen molar-refractivity contribution in [2.45, 2.75) is 44.6 Å². The van der Waals surface area contributed by atoms with E-state index in [0.29, 0.717) is 24.4 Å². The molecule has 0 saturated carbocycles. The molecule has 0 aliphatic carbocycles. The maximum Gasteiger partial charge on any atom is 0.244 e. The number of rotatable bonds is 5. The number of hydrogen-bond acceptors (Lipinski definition) is 4. The molecule has 3 N–H and O–H groups in total. The number of sulfonamides is 1. The third kappa shape index (κ3) is 3.09.